The van der Waals surface area contributed by atoms with Crippen LogP contribution < -0.4 is 0 Å². The second-order valence-corrected chi connectivity index (χ2v) is 5.30. The van der Waals surface area contributed by atoms with Crippen LogP contribution in [0.25, 0.3) is 0 Å². The zero-order chi connectivity index (χ0) is 12.9. The van der Waals surface area contributed by atoms with Crippen LogP contribution in [0.1, 0.15) is 13.3 Å². The monoisotopic (exact) mass is 258 g/mol. The van der Waals surface area contributed by atoms with E-state index in [0.29, 0.717) is 13.0 Å². The van der Waals surface area contributed by atoms with E-state index in [4.69, 9.17) is 0 Å². The molecule has 0 fully saturated rings. The summed E-state index contributed by atoms with van der Waals surface area (Å²) in [5.74, 6) is -0.835. The Hall–Kier alpha value is -1.27. The van der Waals surface area contributed by atoms with Gasteiger partial charge in [0.2, 0.25) is 5.03 Å². The van der Waals surface area contributed by atoms with E-state index in [0.717, 1.165) is 10.4 Å². The number of aromatic nitrogens is 1. The third-order valence-corrected chi connectivity index (χ3v) is 3.92. The first-order chi connectivity index (χ1) is 8.04. The van der Waals surface area contributed by atoms with Gasteiger partial charge in [0.1, 0.15) is 0 Å². The van der Waals surface area contributed by atoms with E-state index in [1.165, 1.54) is 18.3 Å². The van der Waals surface area contributed by atoms with E-state index < -0.39 is 20.9 Å². The first kappa shape index (κ1) is 13.8. The molecule has 0 aliphatic carbocycles. The van der Waals surface area contributed by atoms with E-state index in [-0.39, 0.29) is 6.54 Å². The Labute approximate surface area is 101 Å². The highest BCUT2D eigenvalue weighted by atomic mass is 32.2. The maximum Gasteiger partial charge on any atom is 0.263 e. The lowest BCUT2D eigenvalue weighted by Gasteiger charge is -2.19. The molecule has 0 unspecified atom stereocenters. The first-order valence-corrected chi connectivity index (χ1v) is 6.69. The molecule has 0 aliphatic rings. The standard InChI is InChI=1S/C11H15FN2O2S/c1-3-8-14(9-4-2)17(15,16)11-10(12)6-5-7-13-11/h3,5-7H,1,4,8-9H2,2H3. The summed E-state index contributed by atoms with van der Waals surface area (Å²) in [6.45, 7) is 5.79. The molecule has 1 aromatic rings. The van der Waals surface area contributed by atoms with Crippen molar-refractivity contribution in [2.24, 2.45) is 0 Å². The first-order valence-electron chi connectivity index (χ1n) is 5.25. The minimum absolute atomic E-state index is 0.145. The predicted octanol–water partition coefficient (Wildman–Crippen LogP) is 1.81. The van der Waals surface area contributed by atoms with E-state index in [9.17, 15) is 12.8 Å². The summed E-state index contributed by atoms with van der Waals surface area (Å²) in [6, 6.07) is 2.43. The second-order valence-electron chi connectivity index (χ2n) is 3.44. The average Bonchev–Trinajstić information content (AvgIpc) is 2.29. The topological polar surface area (TPSA) is 50.3 Å². The molecule has 1 rings (SSSR count). The molecular weight excluding hydrogens is 243 g/mol. The van der Waals surface area contributed by atoms with Crippen molar-refractivity contribution in [3.05, 3.63) is 36.8 Å². The quantitative estimate of drug-likeness (QED) is 0.731. The lowest BCUT2D eigenvalue weighted by atomic mass is 10.5. The van der Waals surface area contributed by atoms with Gasteiger partial charge < -0.3 is 0 Å². The predicted molar refractivity (Wildman–Crippen MR) is 63.4 cm³/mol. The highest BCUT2D eigenvalue weighted by molar-refractivity contribution is 7.89. The fourth-order valence-corrected chi connectivity index (χ4v) is 2.86. The summed E-state index contributed by atoms with van der Waals surface area (Å²) in [7, 11) is -3.88. The Morgan fingerprint density at radius 1 is 1.59 bits per heavy atom. The molecule has 94 valence electrons. The molecule has 4 nitrogen and oxygen atoms in total. The van der Waals surface area contributed by atoms with Gasteiger partial charge in [0.25, 0.3) is 10.0 Å². The Bertz CT molecular complexity index is 488. The van der Waals surface area contributed by atoms with Crippen molar-refractivity contribution in [3.63, 3.8) is 0 Å². The van der Waals surface area contributed by atoms with Gasteiger partial charge in [0.15, 0.2) is 5.82 Å². The van der Waals surface area contributed by atoms with Crippen LogP contribution in [-0.4, -0.2) is 30.8 Å². The summed E-state index contributed by atoms with van der Waals surface area (Å²) in [5.41, 5.74) is 0. The van der Waals surface area contributed by atoms with E-state index in [2.05, 4.69) is 11.6 Å². The highest BCUT2D eigenvalue weighted by Crippen LogP contribution is 2.16. The van der Waals surface area contributed by atoms with Gasteiger partial charge in [0.05, 0.1) is 0 Å². The largest absolute Gasteiger partial charge is 0.263 e. The van der Waals surface area contributed by atoms with Crippen molar-refractivity contribution >= 4 is 10.0 Å². The van der Waals surface area contributed by atoms with Crippen molar-refractivity contribution in [2.45, 2.75) is 18.4 Å². The van der Waals surface area contributed by atoms with Gasteiger partial charge in [-0.15, -0.1) is 6.58 Å². The van der Waals surface area contributed by atoms with Gasteiger partial charge in [-0.05, 0) is 18.6 Å². The summed E-state index contributed by atoms with van der Waals surface area (Å²) in [5, 5.41) is -0.532. The molecule has 0 aliphatic heterocycles. The van der Waals surface area contributed by atoms with Crippen molar-refractivity contribution in [2.75, 3.05) is 13.1 Å². The summed E-state index contributed by atoms with van der Waals surface area (Å²) < 4.78 is 38.8. The normalized spacial score (nSPS) is 11.7. The molecule has 0 aromatic carbocycles. The molecular formula is C11H15FN2O2S. The van der Waals surface area contributed by atoms with Crippen molar-refractivity contribution < 1.29 is 12.8 Å². The number of hydrogen-bond acceptors (Lipinski definition) is 3. The third kappa shape index (κ3) is 3.10. The van der Waals surface area contributed by atoms with Crippen molar-refractivity contribution in [1.82, 2.24) is 9.29 Å². The SMILES string of the molecule is C=CCN(CCC)S(=O)(=O)c1ncccc1F. The van der Waals surface area contributed by atoms with Gasteiger partial charge in [0, 0.05) is 19.3 Å². The summed E-state index contributed by atoms with van der Waals surface area (Å²) in [4.78, 5) is 3.60. The van der Waals surface area contributed by atoms with Crippen molar-refractivity contribution in [1.29, 1.82) is 0 Å². The number of hydrogen-bond donors (Lipinski definition) is 0. The number of sulfonamides is 1. The molecule has 0 saturated heterocycles. The number of nitrogens with zero attached hydrogens (tertiary/aromatic N) is 2. The lowest BCUT2D eigenvalue weighted by molar-refractivity contribution is 0.432. The zero-order valence-corrected chi connectivity index (χ0v) is 10.5. The number of halogens is 1. The maximum absolute atomic E-state index is 13.4. The van der Waals surface area contributed by atoms with Crippen molar-refractivity contribution in [3.8, 4) is 0 Å². The fraction of sp³-hybridized carbons (Fsp3) is 0.364. The Morgan fingerprint density at radius 2 is 2.29 bits per heavy atom. The number of rotatable bonds is 6. The Balaban J connectivity index is 3.16. The van der Waals surface area contributed by atoms with E-state index >= 15 is 0 Å². The zero-order valence-electron chi connectivity index (χ0n) is 9.63. The van der Waals surface area contributed by atoms with Gasteiger partial charge in [-0.3, -0.25) is 0 Å². The Kier molecular flexibility index (Phi) is 4.77. The van der Waals surface area contributed by atoms with E-state index in [1.54, 1.807) is 0 Å². The van der Waals surface area contributed by atoms with Crippen LogP contribution in [0.5, 0.6) is 0 Å². The van der Waals surface area contributed by atoms with Crippen LogP contribution >= 0.6 is 0 Å². The van der Waals surface area contributed by atoms with Crippen LogP contribution in [0.4, 0.5) is 4.39 Å². The smallest absolute Gasteiger partial charge is 0.241 e. The van der Waals surface area contributed by atoms with Crippen LogP contribution in [0.3, 0.4) is 0 Å². The van der Waals surface area contributed by atoms with E-state index in [1.807, 2.05) is 6.92 Å². The molecule has 0 saturated carbocycles. The maximum atomic E-state index is 13.4. The van der Waals surface area contributed by atoms with Gasteiger partial charge in [-0.2, -0.15) is 4.31 Å². The number of pyridine rings is 1. The minimum atomic E-state index is -3.88. The van der Waals surface area contributed by atoms with Crippen LogP contribution in [0, 0.1) is 5.82 Å². The molecule has 0 bridgehead atoms. The molecule has 0 radical (unpaired) electrons. The second kappa shape index (κ2) is 5.88. The molecule has 6 heteroatoms. The van der Waals surface area contributed by atoms with Crippen LogP contribution in [-0.2, 0) is 10.0 Å². The molecule has 1 aromatic heterocycles. The lowest BCUT2D eigenvalue weighted by Crippen LogP contribution is -2.33. The van der Waals surface area contributed by atoms with Gasteiger partial charge >= 0.3 is 0 Å². The fourth-order valence-electron chi connectivity index (χ4n) is 1.39. The van der Waals surface area contributed by atoms with Crippen LogP contribution in [0.15, 0.2) is 36.0 Å². The van der Waals surface area contributed by atoms with Gasteiger partial charge in [-0.1, -0.05) is 13.0 Å². The molecule has 0 amide bonds. The minimum Gasteiger partial charge on any atom is -0.241 e. The molecule has 0 atom stereocenters. The molecule has 0 N–H and O–H groups in total. The Morgan fingerprint density at radius 3 is 2.82 bits per heavy atom. The average molecular weight is 258 g/mol. The molecule has 17 heavy (non-hydrogen) atoms. The summed E-state index contributed by atoms with van der Waals surface area (Å²) in [6.07, 6.45) is 3.36. The summed E-state index contributed by atoms with van der Waals surface area (Å²) >= 11 is 0. The highest BCUT2D eigenvalue weighted by Gasteiger charge is 2.27. The third-order valence-electron chi connectivity index (χ3n) is 2.11. The van der Waals surface area contributed by atoms with Gasteiger partial charge in [-0.25, -0.2) is 17.8 Å². The molecule has 1 heterocycles. The van der Waals surface area contributed by atoms with Crippen LogP contribution in [0.2, 0.25) is 0 Å². The molecule has 0 spiro atoms.